The molecule has 5 nitrogen and oxygen atoms in total. The van der Waals surface area contributed by atoms with E-state index in [-0.39, 0.29) is 23.4 Å². The maximum atomic E-state index is 13.9. The lowest BCUT2D eigenvalue weighted by molar-refractivity contribution is 0.155. The average molecular weight is 430 g/mol. The Morgan fingerprint density at radius 3 is 2.39 bits per heavy atom. The van der Waals surface area contributed by atoms with E-state index in [1.807, 2.05) is 4.90 Å². The van der Waals surface area contributed by atoms with Crippen molar-refractivity contribution in [3.63, 3.8) is 0 Å². The normalized spacial score (nSPS) is 18.8. The van der Waals surface area contributed by atoms with E-state index in [2.05, 4.69) is 37.9 Å². The van der Waals surface area contributed by atoms with Gasteiger partial charge in [-0.15, -0.1) is 0 Å². The molecule has 0 unspecified atom stereocenters. The zero-order valence-corrected chi connectivity index (χ0v) is 19.0. The molecule has 0 amide bonds. The Bertz CT molecular complexity index is 789. The zero-order chi connectivity index (χ0) is 21.1. The first-order valence-electron chi connectivity index (χ1n) is 9.80. The third kappa shape index (κ3) is 6.12. The van der Waals surface area contributed by atoms with Crippen LogP contribution in [0.3, 0.4) is 0 Å². The number of aryl methyl sites for hydroxylation is 1. The molecule has 28 heavy (non-hydrogen) atoms. The SMILES string of the molecule is Cc1ccc(NC(=S)N(CCN(C(C)C)C(C)C)[C@H]2CCS(=O)(=O)C2)cc1F. The van der Waals surface area contributed by atoms with E-state index in [1.54, 1.807) is 19.1 Å². The van der Waals surface area contributed by atoms with Crippen molar-refractivity contribution in [2.75, 3.05) is 29.9 Å². The first-order valence-corrected chi connectivity index (χ1v) is 12.0. The van der Waals surface area contributed by atoms with Gasteiger partial charge in [0.2, 0.25) is 0 Å². The Morgan fingerprint density at radius 1 is 1.25 bits per heavy atom. The largest absolute Gasteiger partial charge is 0.344 e. The van der Waals surface area contributed by atoms with Crippen LogP contribution >= 0.6 is 12.2 Å². The van der Waals surface area contributed by atoms with Gasteiger partial charge in [0, 0.05) is 36.9 Å². The van der Waals surface area contributed by atoms with Crippen molar-refractivity contribution in [1.82, 2.24) is 9.80 Å². The minimum Gasteiger partial charge on any atom is -0.344 e. The Hall–Kier alpha value is -1.25. The van der Waals surface area contributed by atoms with Crippen molar-refractivity contribution < 1.29 is 12.8 Å². The molecule has 1 fully saturated rings. The van der Waals surface area contributed by atoms with Crippen LogP contribution in [0, 0.1) is 12.7 Å². The first-order chi connectivity index (χ1) is 13.0. The van der Waals surface area contributed by atoms with E-state index in [4.69, 9.17) is 12.2 Å². The highest BCUT2D eigenvalue weighted by Gasteiger charge is 2.34. The van der Waals surface area contributed by atoms with E-state index in [0.29, 0.717) is 41.4 Å². The van der Waals surface area contributed by atoms with Crippen LogP contribution in [0.4, 0.5) is 10.1 Å². The summed E-state index contributed by atoms with van der Waals surface area (Å²) in [6.07, 6.45) is 0.565. The van der Waals surface area contributed by atoms with E-state index in [9.17, 15) is 12.8 Å². The molecule has 8 heteroatoms. The average Bonchev–Trinajstić information content (AvgIpc) is 2.93. The standard InChI is InChI=1S/C20H32FN3O2S2/c1-14(2)23(15(3)4)9-10-24(18-8-11-28(25,26)13-18)20(27)22-17-7-6-16(5)19(21)12-17/h6-7,12,14-15,18H,8-11,13H2,1-5H3,(H,22,27)/t18-/m0/s1. The monoisotopic (exact) mass is 429 g/mol. The molecular formula is C20H32FN3O2S2. The van der Waals surface area contributed by atoms with Crippen LogP contribution in [0.25, 0.3) is 0 Å². The third-order valence-electron chi connectivity index (χ3n) is 5.26. The van der Waals surface area contributed by atoms with Crippen LogP contribution in [0.1, 0.15) is 39.7 Å². The van der Waals surface area contributed by atoms with E-state index in [0.717, 1.165) is 6.54 Å². The number of nitrogens with zero attached hydrogens (tertiary/aromatic N) is 2. The zero-order valence-electron chi connectivity index (χ0n) is 17.4. The molecule has 1 aromatic carbocycles. The second-order valence-electron chi connectivity index (χ2n) is 8.07. The van der Waals surface area contributed by atoms with Crippen LogP contribution in [-0.4, -0.2) is 66.1 Å². The molecule has 158 valence electrons. The lowest BCUT2D eigenvalue weighted by Gasteiger charge is -2.36. The molecule has 0 aliphatic carbocycles. The van der Waals surface area contributed by atoms with Crippen LogP contribution in [0.2, 0.25) is 0 Å². The fourth-order valence-electron chi connectivity index (χ4n) is 3.67. The van der Waals surface area contributed by atoms with Gasteiger partial charge in [0.15, 0.2) is 14.9 Å². The molecule has 2 rings (SSSR count). The molecule has 1 aliphatic rings. The summed E-state index contributed by atoms with van der Waals surface area (Å²) in [6.45, 7) is 11.7. The van der Waals surface area contributed by atoms with Crippen molar-refractivity contribution in [3.05, 3.63) is 29.6 Å². The summed E-state index contributed by atoms with van der Waals surface area (Å²) < 4.78 is 37.9. The summed E-state index contributed by atoms with van der Waals surface area (Å²) in [5.74, 6) is 0.00244. The summed E-state index contributed by atoms with van der Waals surface area (Å²) in [7, 11) is -3.03. The molecule has 1 heterocycles. The van der Waals surface area contributed by atoms with Gasteiger partial charge >= 0.3 is 0 Å². The van der Waals surface area contributed by atoms with Gasteiger partial charge in [-0.2, -0.15) is 0 Å². The molecule has 0 radical (unpaired) electrons. The van der Waals surface area contributed by atoms with Crippen molar-refractivity contribution in [2.24, 2.45) is 0 Å². The highest BCUT2D eigenvalue weighted by Crippen LogP contribution is 2.21. The number of benzene rings is 1. The Morgan fingerprint density at radius 2 is 1.89 bits per heavy atom. The summed E-state index contributed by atoms with van der Waals surface area (Å²) in [5.41, 5.74) is 1.14. The third-order valence-corrected chi connectivity index (χ3v) is 7.35. The van der Waals surface area contributed by atoms with Crippen LogP contribution in [0.15, 0.2) is 18.2 Å². The summed E-state index contributed by atoms with van der Waals surface area (Å²) in [5, 5.41) is 3.54. The Kier molecular flexibility index (Phi) is 7.81. The first kappa shape index (κ1) is 23.0. The maximum absolute atomic E-state index is 13.9. The van der Waals surface area contributed by atoms with Crippen LogP contribution < -0.4 is 5.32 Å². The smallest absolute Gasteiger partial charge is 0.173 e. The minimum absolute atomic E-state index is 0.112. The van der Waals surface area contributed by atoms with Gasteiger partial charge in [-0.3, -0.25) is 4.90 Å². The van der Waals surface area contributed by atoms with Gasteiger partial charge < -0.3 is 10.2 Å². The molecule has 0 spiro atoms. The van der Waals surface area contributed by atoms with Crippen molar-refractivity contribution in [2.45, 2.75) is 59.2 Å². The maximum Gasteiger partial charge on any atom is 0.173 e. The second-order valence-corrected chi connectivity index (χ2v) is 10.7. The predicted octanol–water partition coefficient (Wildman–Crippen LogP) is 3.44. The van der Waals surface area contributed by atoms with E-state index in [1.165, 1.54) is 6.07 Å². The van der Waals surface area contributed by atoms with Crippen molar-refractivity contribution in [3.8, 4) is 0 Å². The fraction of sp³-hybridized carbons (Fsp3) is 0.650. The molecule has 0 aromatic heterocycles. The summed E-state index contributed by atoms with van der Waals surface area (Å²) in [4.78, 5) is 4.32. The van der Waals surface area contributed by atoms with Gasteiger partial charge in [-0.1, -0.05) is 6.07 Å². The molecule has 1 aromatic rings. The highest BCUT2D eigenvalue weighted by molar-refractivity contribution is 7.91. The van der Waals surface area contributed by atoms with Crippen LogP contribution in [-0.2, 0) is 9.84 Å². The summed E-state index contributed by atoms with van der Waals surface area (Å²) >= 11 is 5.61. The topological polar surface area (TPSA) is 52.6 Å². The minimum atomic E-state index is -3.03. The molecule has 1 saturated heterocycles. The lowest BCUT2D eigenvalue weighted by Crippen LogP contribution is -2.49. The number of halogens is 1. The van der Waals surface area contributed by atoms with Gasteiger partial charge in [0.25, 0.3) is 0 Å². The van der Waals surface area contributed by atoms with Crippen LogP contribution in [0.5, 0.6) is 0 Å². The number of sulfone groups is 1. The number of hydrogen-bond donors (Lipinski definition) is 1. The lowest BCUT2D eigenvalue weighted by atomic mass is 10.2. The number of anilines is 1. The predicted molar refractivity (Wildman–Crippen MR) is 118 cm³/mol. The van der Waals surface area contributed by atoms with E-state index >= 15 is 0 Å². The molecule has 0 saturated carbocycles. The summed E-state index contributed by atoms with van der Waals surface area (Å²) in [6, 6.07) is 5.50. The second kappa shape index (κ2) is 9.50. The van der Waals surface area contributed by atoms with Gasteiger partial charge in [-0.05, 0) is 71.0 Å². The molecular weight excluding hydrogens is 397 g/mol. The number of nitrogens with one attached hydrogen (secondary N) is 1. The quantitative estimate of drug-likeness (QED) is 0.670. The Labute approximate surface area is 174 Å². The Balaban J connectivity index is 2.17. The van der Waals surface area contributed by atoms with Crippen molar-refractivity contribution in [1.29, 1.82) is 0 Å². The number of rotatable bonds is 7. The fourth-order valence-corrected chi connectivity index (χ4v) is 5.76. The molecule has 0 bridgehead atoms. The molecule has 1 aliphatic heterocycles. The number of thiocarbonyl (C=S) groups is 1. The van der Waals surface area contributed by atoms with Gasteiger partial charge in [-0.25, -0.2) is 12.8 Å². The van der Waals surface area contributed by atoms with E-state index < -0.39 is 9.84 Å². The number of hydrogen-bond acceptors (Lipinski definition) is 4. The molecule has 1 N–H and O–H groups in total. The van der Waals surface area contributed by atoms with Crippen molar-refractivity contribution >= 4 is 32.9 Å². The molecule has 1 atom stereocenters. The van der Waals surface area contributed by atoms with Gasteiger partial charge in [0.05, 0.1) is 11.5 Å². The highest BCUT2D eigenvalue weighted by atomic mass is 32.2. The van der Waals surface area contributed by atoms with Gasteiger partial charge in [0.1, 0.15) is 5.82 Å².